The van der Waals surface area contributed by atoms with Gasteiger partial charge >= 0.3 is 6.18 Å². The minimum Gasteiger partial charge on any atom is -0.355 e. The van der Waals surface area contributed by atoms with E-state index >= 15 is 0 Å². The fourth-order valence-corrected chi connectivity index (χ4v) is 2.84. The Bertz CT molecular complexity index is 638. The molecular weight excluding hydrogens is 319 g/mol. The van der Waals surface area contributed by atoms with Gasteiger partial charge < -0.3 is 5.32 Å². The molecule has 1 atom stereocenters. The SMILES string of the molecule is O=C(NCCc1nc(C2CC2)cc(C(F)(F)F)n1)[C@@H]1CC=CCC1. The zero-order valence-corrected chi connectivity index (χ0v) is 13.3. The predicted molar refractivity (Wildman–Crippen MR) is 82.2 cm³/mol. The second kappa shape index (κ2) is 6.91. The number of hydrogen-bond donors (Lipinski definition) is 1. The van der Waals surface area contributed by atoms with E-state index in [0.717, 1.165) is 38.2 Å². The molecule has 0 spiro atoms. The van der Waals surface area contributed by atoms with Gasteiger partial charge in [-0.1, -0.05) is 12.2 Å². The molecule has 130 valence electrons. The first-order valence-electron chi connectivity index (χ1n) is 8.31. The van der Waals surface area contributed by atoms with Gasteiger partial charge in [0.15, 0.2) is 0 Å². The summed E-state index contributed by atoms with van der Waals surface area (Å²) in [5, 5.41) is 2.79. The molecule has 0 bridgehead atoms. The summed E-state index contributed by atoms with van der Waals surface area (Å²) in [5.41, 5.74) is -0.422. The third-order valence-corrected chi connectivity index (χ3v) is 4.37. The summed E-state index contributed by atoms with van der Waals surface area (Å²) < 4.78 is 38.9. The number of aromatic nitrogens is 2. The number of rotatable bonds is 5. The van der Waals surface area contributed by atoms with E-state index in [1.54, 1.807) is 0 Å². The lowest BCUT2D eigenvalue weighted by molar-refractivity contribution is -0.141. The third kappa shape index (κ3) is 4.33. The maximum absolute atomic E-state index is 13.0. The molecule has 4 nitrogen and oxygen atoms in total. The van der Waals surface area contributed by atoms with Gasteiger partial charge in [-0.2, -0.15) is 13.2 Å². The standard InChI is InChI=1S/C17H20F3N3O/c18-17(19,20)14-10-13(11-6-7-11)22-15(23-14)8-9-21-16(24)12-4-2-1-3-5-12/h1-2,10-12H,3-9H2,(H,21,24)/t12-/m1/s1. The van der Waals surface area contributed by atoms with Crippen molar-refractivity contribution in [3.05, 3.63) is 35.4 Å². The van der Waals surface area contributed by atoms with Crippen molar-refractivity contribution in [1.82, 2.24) is 15.3 Å². The molecule has 7 heteroatoms. The van der Waals surface area contributed by atoms with Crippen molar-refractivity contribution in [2.45, 2.75) is 50.6 Å². The predicted octanol–water partition coefficient (Wildman–Crippen LogP) is 3.39. The minimum absolute atomic E-state index is 0.0422. The highest BCUT2D eigenvalue weighted by Crippen LogP contribution is 2.40. The summed E-state index contributed by atoms with van der Waals surface area (Å²) in [7, 11) is 0. The van der Waals surface area contributed by atoms with Crippen molar-refractivity contribution < 1.29 is 18.0 Å². The van der Waals surface area contributed by atoms with Gasteiger partial charge in [0.1, 0.15) is 11.5 Å². The Balaban J connectivity index is 1.61. The Morgan fingerprint density at radius 3 is 2.62 bits per heavy atom. The first-order chi connectivity index (χ1) is 11.4. The van der Waals surface area contributed by atoms with Gasteiger partial charge in [0, 0.05) is 30.5 Å². The maximum Gasteiger partial charge on any atom is 0.433 e. The number of carbonyl (C=O) groups is 1. The first-order valence-corrected chi connectivity index (χ1v) is 8.31. The molecule has 1 fully saturated rings. The van der Waals surface area contributed by atoms with Gasteiger partial charge in [0.2, 0.25) is 5.91 Å². The third-order valence-electron chi connectivity index (χ3n) is 4.37. The fourth-order valence-electron chi connectivity index (χ4n) is 2.84. The summed E-state index contributed by atoms with van der Waals surface area (Å²) in [5.74, 6) is 0.181. The molecule has 1 saturated carbocycles. The van der Waals surface area contributed by atoms with Gasteiger partial charge in [-0.05, 0) is 38.2 Å². The van der Waals surface area contributed by atoms with E-state index < -0.39 is 11.9 Å². The second-order valence-corrected chi connectivity index (χ2v) is 6.39. The molecule has 0 unspecified atom stereocenters. The summed E-state index contributed by atoms with van der Waals surface area (Å²) in [6.45, 7) is 0.254. The maximum atomic E-state index is 13.0. The van der Waals surface area contributed by atoms with E-state index in [9.17, 15) is 18.0 Å². The van der Waals surface area contributed by atoms with Crippen molar-refractivity contribution in [1.29, 1.82) is 0 Å². The van der Waals surface area contributed by atoms with Crippen molar-refractivity contribution in [3.8, 4) is 0 Å². The number of alkyl halides is 3. The van der Waals surface area contributed by atoms with E-state index in [-0.39, 0.29) is 36.5 Å². The van der Waals surface area contributed by atoms with E-state index in [0.29, 0.717) is 5.69 Å². The Hall–Kier alpha value is -1.92. The van der Waals surface area contributed by atoms with Crippen molar-refractivity contribution in [3.63, 3.8) is 0 Å². The van der Waals surface area contributed by atoms with E-state index in [2.05, 4.69) is 21.4 Å². The monoisotopic (exact) mass is 339 g/mol. The van der Waals surface area contributed by atoms with E-state index in [4.69, 9.17) is 0 Å². The molecule has 2 aliphatic rings. The van der Waals surface area contributed by atoms with E-state index in [1.807, 2.05) is 6.08 Å². The Morgan fingerprint density at radius 2 is 2.00 bits per heavy atom. The molecular formula is C17H20F3N3O. The summed E-state index contributed by atoms with van der Waals surface area (Å²) in [4.78, 5) is 19.9. The Morgan fingerprint density at radius 1 is 1.21 bits per heavy atom. The molecule has 1 aromatic rings. The molecule has 1 N–H and O–H groups in total. The molecule has 1 aromatic heterocycles. The highest BCUT2D eigenvalue weighted by molar-refractivity contribution is 5.78. The number of nitrogens with zero attached hydrogens (tertiary/aromatic N) is 2. The Labute approximate surface area is 138 Å². The van der Waals surface area contributed by atoms with Crippen LogP contribution in [0.5, 0.6) is 0 Å². The number of allylic oxidation sites excluding steroid dienone is 2. The molecule has 24 heavy (non-hydrogen) atoms. The smallest absolute Gasteiger partial charge is 0.355 e. The van der Waals surface area contributed by atoms with Crippen LogP contribution in [0, 0.1) is 5.92 Å². The fraction of sp³-hybridized carbons (Fsp3) is 0.588. The summed E-state index contributed by atoms with van der Waals surface area (Å²) in [6, 6.07) is 1.05. The number of hydrogen-bond acceptors (Lipinski definition) is 3. The van der Waals surface area contributed by atoms with Gasteiger partial charge in [0.25, 0.3) is 0 Å². The molecule has 0 radical (unpaired) electrons. The van der Waals surface area contributed by atoms with Gasteiger partial charge in [-0.15, -0.1) is 0 Å². The summed E-state index contributed by atoms with van der Waals surface area (Å²) >= 11 is 0. The van der Waals surface area contributed by atoms with Crippen molar-refractivity contribution in [2.75, 3.05) is 6.54 Å². The van der Waals surface area contributed by atoms with Crippen LogP contribution in [0.2, 0.25) is 0 Å². The molecule has 0 saturated heterocycles. The molecule has 0 aliphatic heterocycles. The number of amides is 1. The molecule has 2 aliphatic carbocycles. The summed E-state index contributed by atoms with van der Waals surface area (Å²) in [6.07, 6.45) is 3.95. The van der Waals surface area contributed by atoms with Crippen LogP contribution in [-0.4, -0.2) is 22.4 Å². The highest BCUT2D eigenvalue weighted by atomic mass is 19.4. The van der Waals surface area contributed by atoms with Gasteiger partial charge in [-0.3, -0.25) is 4.79 Å². The minimum atomic E-state index is -4.47. The van der Waals surface area contributed by atoms with Crippen LogP contribution in [0.3, 0.4) is 0 Å². The number of carbonyl (C=O) groups excluding carboxylic acids is 1. The molecule has 0 aromatic carbocycles. The largest absolute Gasteiger partial charge is 0.433 e. The van der Waals surface area contributed by atoms with Crippen LogP contribution in [0.25, 0.3) is 0 Å². The zero-order chi connectivity index (χ0) is 17.2. The van der Waals surface area contributed by atoms with Crippen LogP contribution in [0.4, 0.5) is 13.2 Å². The van der Waals surface area contributed by atoms with Crippen molar-refractivity contribution in [2.24, 2.45) is 5.92 Å². The average Bonchev–Trinajstić information content (AvgIpc) is 3.39. The molecule has 3 rings (SSSR count). The molecule has 1 amide bonds. The lowest BCUT2D eigenvalue weighted by atomic mass is 9.94. The van der Waals surface area contributed by atoms with Crippen LogP contribution in [0.1, 0.15) is 55.2 Å². The average molecular weight is 339 g/mol. The topological polar surface area (TPSA) is 54.9 Å². The van der Waals surface area contributed by atoms with Crippen LogP contribution < -0.4 is 5.32 Å². The van der Waals surface area contributed by atoms with Gasteiger partial charge in [-0.25, -0.2) is 9.97 Å². The first kappa shape index (κ1) is 16.9. The van der Waals surface area contributed by atoms with Crippen LogP contribution >= 0.6 is 0 Å². The second-order valence-electron chi connectivity index (χ2n) is 6.39. The highest BCUT2D eigenvalue weighted by Gasteiger charge is 2.35. The van der Waals surface area contributed by atoms with E-state index in [1.165, 1.54) is 0 Å². The lowest BCUT2D eigenvalue weighted by Gasteiger charge is -2.17. The normalized spacial score (nSPS) is 20.9. The van der Waals surface area contributed by atoms with Crippen molar-refractivity contribution >= 4 is 5.91 Å². The number of nitrogens with one attached hydrogen (secondary N) is 1. The zero-order valence-electron chi connectivity index (χ0n) is 13.3. The van der Waals surface area contributed by atoms with Gasteiger partial charge in [0.05, 0.1) is 0 Å². The van der Waals surface area contributed by atoms with Crippen LogP contribution in [0.15, 0.2) is 18.2 Å². The number of halogens is 3. The quantitative estimate of drug-likeness (QED) is 0.837. The lowest BCUT2D eigenvalue weighted by Crippen LogP contribution is -2.33. The Kier molecular flexibility index (Phi) is 4.87. The van der Waals surface area contributed by atoms with Crippen LogP contribution in [-0.2, 0) is 17.4 Å². The molecule has 1 heterocycles.